The molecule has 1 N–H and O–H groups in total. The lowest BCUT2D eigenvalue weighted by molar-refractivity contribution is -0.00424. The minimum atomic E-state index is 0.110. The van der Waals surface area contributed by atoms with E-state index in [0.717, 1.165) is 5.13 Å². The van der Waals surface area contributed by atoms with Gasteiger partial charge in [0.1, 0.15) is 11.4 Å². The van der Waals surface area contributed by atoms with Gasteiger partial charge in [-0.1, -0.05) is 0 Å². The summed E-state index contributed by atoms with van der Waals surface area (Å²) in [7, 11) is 1.57. The maximum atomic E-state index is 12.9. The van der Waals surface area contributed by atoms with Gasteiger partial charge in [0.15, 0.2) is 10.9 Å². The summed E-state index contributed by atoms with van der Waals surface area (Å²) in [4.78, 5) is 13.0. The van der Waals surface area contributed by atoms with Gasteiger partial charge < -0.3 is 10.1 Å². The number of thiazole rings is 1. The summed E-state index contributed by atoms with van der Waals surface area (Å²) >= 11 is 1.48. The van der Waals surface area contributed by atoms with Crippen molar-refractivity contribution in [1.82, 2.24) is 9.97 Å². The summed E-state index contributed by atoms with van der Waals surface area (Å²) in [5.74, 6) is 0.756. The molecule has 0 fully saturated rings. The van der Waals surface area contributed by atoms with E-state index in [4.69, 9.17) is 4.74 Å². The molecule has 2 aromatic heterocycles. The zero-order valence-corrected chi connectivity index (χ0v) is 13.8. The van der Waals surface area contributed by atoms with Crippen LogP contribution < -0.4 is 15.0 Å². The van der Waals surface area contributed by atoms with Crippen LogP contribution in [0.15, 0.2) is 29.6 Å². The van der Waals surface area contributed by atoms with E-state index in [2.05, 4.69) is 20.2 Å². The molecule has 0 saturated heterocycles. The summed E-state index contributed by atoms with van der Waals surface area (Å²) in [6.07, 6.45) is 0. The number of nitrogens with zero attached hydrogens (tertiary/aromatic N) is 2. The molecule has 0 atom stereocenters. The third-order valence-corrected chi connectivity index (χ3v) is 4.01. The zero-order chi connectivity index (χ0) is 16.4. The van der Waals surface area contributed by atoms with Gasteiger partial charge in [0.2, 0.25) is 0 Å². The minimum absolute atomic E-state index is 0.110. The Kier molecular flexibility index (Phi) is 4.29. The average molecular weight is 333 g/mol. The number of nitrogens with one attached hydrogen (secondary N) is 1. The fourth-order valence-electron chi connectivity index (χ4n) is 2.20. The van der Waals surface area contributed by atoms with Crippen molar-refractivity contribution in [2.75, 3.05) is 12.4 Å². The predicted octanol–water partition coefficient (Wildman–Crippen LogP) is 4.45. The van der Waals surface area contributed by atoms with Gasteiger partial charge in [-0.2, -0.15) is 0 Å². The minimum Gasteiger partial charge on any atom is -0.497 e. The van der Waals surface area contributed by atoms with Crippen molar-refractivity contribution in [3.63, 3.8) is 0 Å². The first kappa shape index (κ1) is 15.5. The Morgan fingerprint density at radius 2 is 2.00 bits per heavy atom. The smallest absolute Gasteiger partial charge is 0.183 e. The number of rotatable bonds is 5. The van der Waals surface area contributed by atoms with Crippen molar-refractivity contribution in [1.29, 1.82) is 0 Å². The molecular weight excluding hydrogens is 317 g/mol. The molecule has 0 saturated carbocycles. The number of anilines is 1. The van der Waals surface area contributed by atoms with Crippen LogP contribution in [0, 0.1) is 0 Å². The third-order valence-electron chi connectivity index (χ3n) is 3.24. The Morgan fingerprint density at radius 1 is 1.17 bits per heavy atom. The maximum Gasteiger partial charge on any atom is 0.183 e. The molecular formula is C16H16FN3O2S. The Morgan fingerprint density at radius 3 is 2.70 bits per heavy atom. The second kappa shape index (κ2) is 6.37. The number of benzene rings is 1. The molecule has 3 rings (SSSR count). The number of ether oxygens (including phenoxy) is 1. The van der Waals surface area contributed by atoms with Crippen LogP contribution in [0.4, 0.5) is 9.66 Å². The molecule has 0 amide bonds. The standard InChI is InChI=1S/C16H16FN3O2S/c1-9(2)18-16-20-14(8-23-16)13-7-15(22-17)11-5-4-10(21-3)6-12(11)19-13/h4-9H,1-3H3,(H,18,20). The van der Waals surface area contributed by atoms with Gasteiger partial charge in [-0.3, -0.25) is 4.94 Å². The maximum absolute atomic E-state index is 12.9. The van der Waals surface area contributed by atoms with Crippen molar-refractivity contribution < 1.29 is 14.2 Å². The number of methoxy groups -OCH3 is 1. The topological polar surface area (TPSA) is 56.3 Å². The van der Waals surface area contributed by atoms with Crippen LogP contribution in [0.1, 0.15) is 13.8 Å². The molecule has 1 aromatic carbocycles. The number of hydrogen-bond donors (Lipinski definition) is 1. The fourth-order valence-corrected chi connectivity index (χ4v) is 3.05. The van der Waals surface area contributed by atoms with Crippen LogP contribution in [-0.4, -0.2) is 23.1 Å². The quantitative estimate of drug-likeness (QED) is 0.747. The molecule has 0 aliphatic heterocycles. The highest BCUT2D eigenvalue weighted by Gasteiger charge is 2.13. The van der Waals surface area contributed by atoms with Crippen molar-refractivity contribution >= 4 is 27.4 Å². The van der Waals surface area contributed by atoms with Crippen LogP contribution in [0.5, 0.6) is 11.5 Å². The Hall–Kier alpha value is -2.41. The van der Waals surface area contributed by atoms with E-state index in [1.807, 2.05) is 19.2 Å². The van der Waals surface area contributed by atoms with Gasteiger partial charge in [0.05, 0.1) is 18.3 Å². The van der Waals surface area contributed by atoms with Crippen LogP contribution in [-0.2, 0) is 0 Å². The number of aromatic nitrogens is 2. The van der Waals surface area contributed by atoms with Gasteiger partial charge in [-0.05, 0) is 26.0 Å². The molecule has 2 heterocycles. The molecule has 0 spiro atoms. The molecule has 3 aromatic rings. The van der Waals surface area contributed by atoms with E-state index < -0.39 is 0 Å². The Labute approximate surface area is 137 Å². The number of pyridine rings is 1. The second-order valence-electron chi connectivity index (χ2n) is 5.30. The molecule has 5 nitrogen and oxygen atoms in total. The van der Waals surface area contributed by atoms with E-state index in [1.54, 1.807) is 31.4 Å². The highest BCUT2D eigenvalue weighted by molar-refractivity contribution is 7.14. The normalized spacial score (nSPS) is 11.0. The Balaban J connectivity index is 2.08. The van der Waals surface area contributed by atoms with Gasteiger partial charge in [-0.15, -0.1) is 11.3 Å². The molecule has 0 radical (unpaired) electrons. The summed E-state index contributed by atoms with van der Waals surface area (Å²) in [5.41, 5.74) is 1.80. The molecule has 0 aliphatic rings. The van der Waals surface area contributed by atoms with Crippen molar-refractivity contribution in [2.45, 2.75) is 19.9 Å². The predicted molar refractivity (Wildman–Crippen MR) is 89.9 cm³/mol. The van der Waals surface area contributed by atoms with E-state index in [-0.39, 0.29) is 11.8 Å². The molecule has 120 valence electrons. The molecule has 0 aliphatic carbocycles. The third kappa shape index (κ3) is 3.19. The first-order valence-corrected chi connectivity index (χ1v) is 7.98. The van der Waals surface area contributed by atoms with E-state index in [0.29, 0.717) is 28.0 Å². The monoisotopic (exact) mass is 333 g/mol. The van der Waals surface area contributed by atoms with Crippen LogP contribution in [0.3, 0.4) is 0 Å². The zero-order valence-electron chi connectivity index (χ0n) is 13.0. The number of halogens is 1. The molecule has 23 heavy (non-hydrogen) atoms. The molecule has 7 heteroatoms. The van der Waals surface area contributed by atoms with Crippen LogP contribution in [0.25, 0.3) is 22.3 Å². The fraction of sp³-hybridized carbons (Fsp3) is 0.250. The highest BCUT2D eigenvalue weighted by atomic mass is 32.1. The van der Waals surface area contributed by atoms with Gasteiger partial charge >= 0.3 is 0 Å². The lowest BCUT2D eigenvalue weighted by atomic mass is 10.1. The van der Waals surface area contributed by atoms with Gasteiger partial charge in [0, 0.05) is 33.5 Å². The first-order valence-electron chi connectivity index (χ1n) is 7.10. The number of hydrogen-bond acceptors (Lipinski definition) is 6. The van der Waals surface area contributed by atoms with Gasteiger partial charge in [-0.25, -0.2) is 9.97 Å². The average Bonchev–Trinajstić information content (AvgIpc) is 3.00. The summed E-state index contributed by atoms with van der Waals surface area (Å²) < 4.78 is 18.1. The summed E-state index contributed by atoms with van der Waals surface area (Å²) in [6.45, 7) is 4.08. The second-order valence-corrected chi connectivity index (χ2v) is 6.16. The van der Waals surface area contributed by atoms with Crippen molar-refractivity contribution in [3.8, 4) is 22.9 Å². The van der Waals surface area contributed by atoms with Crippen LogP contribution >= 0.6 is 11.3 Å². The SMILES string of the molecule is COc1ccc2c(OF)cc(-c3csc(NC(C)C)n3)nc2c1. The largest absolute Gasteiger partial charge is 0.497 e. The summed E-state index contributed by atoms with van der Waals surface area (Å²) in [5, 5.41) is 6.48. The lowest BCUT2D eigenvalue weighted by Gasteiger charge is -2.07. The van der Waals surface area contributed by atoms with E-state index in [1.165, 1.54) is 11.3 Å². The first-order chi connectivity index (χ1) is 11.1. The van der Waals surface area contributed by atoms with E-state index >= 15 is 0 Å². The van der Waals surface area contributed by atoms with Crippen molar-refractivity contribution in [2.24, 2.45) is 0 Å². The number of fused-ring (bicyclic) bond motifs is 1. The summed E-state index contributed by atoms with van der Waals surface area (Å²) in [6, 6.07) is 7.02. The Bertz CT molecular complexity index is 835. The van der Waals surface area contributed by atoms with Crippen molar-refractivity contribution in [3.05, 3.63) is 29.6 Å². The van der Waals surface area contributed by atoms with Crippen LogP contribution in [0.2, 0.25) is 0 Å². The van der Waals surface area contributed by atoms with E-state index in [9.17, 15) is 4.53 Å². The lowest BCUT2D eigenvalue weighted by Crippen LogP contribution is -2.09. The highest BCUT2D eigenvalue weighted by Crippen LogP contribution is 2.33. The molecule has 0 bridgehead atoms. The van der Waals surface area contributed by atoms with Gasteiger partial charge in [0.25, 0.3) is 0 Å². The molecule has 0 unspecified atom stereocenters.